The summed E-state index contributed by atoms with van der Waals surface area (Å²) in [5.41, 5.74) is 0.817. The second kappa shape index (κ2) is 6.53. The molecular weight excluding hydrogens is 329 g/mol. The molecule has 0 saturated carbocycles. The van der Waals surface area contributed by atoms with Crippen LogP contribution in [0.3, 0.4) is 0 Å². The zero-order valence-corrected chi connectivity index (χ0v) is 16.0. The van der Waals surface area contributed by atoms with Crippen molar-refractivity contribution >= 4 is 20.0 Å². The molecule has 24 heavy (non-hydrogen) atoms. The van der Waals surface area contributed by atoms with Gasteiger partial charge in [0, 0.05) is 12.6 Å². The lowest BCUT2D eigenvalue weighted by Crippen LogP contribution is -2.43. The molecule has 1 fully saturated rings. The molecule has 5 nitrogen and oxygen atoms in total. The monoisotopic (exact) mass is 355 g/mol. The predicted molar refractivity (Wildman–Crippen MR) is 91.2 cm³/mol. The maximum atomic E-state index is 13.5. The zero-order chi connectivity index (χ0) is 18.3. The van der Waals surface area contributed by atoms with E-state index in [2.05, 4.69) is 40.4 Å². The van der Waals surface area contributed by atoms with Gasteiger partial charge in [0.1, 0.15) is 12.3 Å². The summed E-state index contributed by atoms with van der Waals surface area (Å²) in [5.74, 6) is -2.15. The summed E-state index contributed by atoms with van der Waals surface area (Å²) in [5, 5.41) is 0.0847. The molecule has 0 radical (unpaired) electrons. The maximum Gasteiger partial charge on any atom is 0.236 e. The van der Waals surface area contributed by atoms with Gasteiger partial charge in [0.05, 0.1) is 13.0 Å². The number of carbonyl (C=O) groups is 2. The fourth-order valence-electron chi connectivity index (χ4n) is 2.33. The molecule has 2 aliphatic heterocycles. The highest BCUT2D eigenvalue weighted by Gasteiger charge is 2.41. The molecule has 7 heteroatoms. The number of hydrogen-bond acceptors (Lipinski definition) is 4. The highest BCUT2D eigenvalue weighted by Crippen LogP contribution is 2.38. The molecule has 0 bridgehead atoms. The quantitative estimate of drug-likeness (QED) is 0.441. The van der Waals surface area contributed by atoms with Gasteiger partial charge in [0.2, 0.25) is 11.7 Å². The van der Waals surface area contributed by atoms with Crippen molar-refractivity contribution < 1.29 is 23.1 Å². The Bertz CT molecular complexity index is 594. The van der Waals surface area contributed by atoms with Crippen LogP contribution in [-0.4, -0.2) is 43.8 Å². The van der Waals surface area contributed by atoms with Crippen molar-refractivity contribution in [2.24, 2.45) is 0 Å². The molecule has 0 unspecified atom stereocenters. The number of ether oxygens (including phenoxy) is 1. The van der Waals surface area contributed by atoms with Crippen LogP contribution >= 0.6 is 0 Å². The molecule has 0 spiro atoms. The number of amides is 1. The molecule has 1 saturated heterocycles. The Morgan fingerprint density at radius 3 is 2.62 bits per heavy atom. The summed E-state index contributed by atoms with van der Waals surface area (Å²) >= 11 is 0. The number of allylic oxidation sites excluding steroid dienone is 1. The summed E-state index contributed by atoms with van der Waals surface area (Å²) in [6, 6.07) is 0. The third kappa shape index (κ3) is 3.84. The largest absolute Gasteiger partial charge is 0.414 e. The van der Waals surface area contributed by atoms with Gasteiger partial charge in [-0.3, -0.25) is 14.5 Å². The fourth-order valence-corrected chi connectivity index (χ4v) is 3.34. The molecule has 2 atom stereocenters. The standard InChI is InChI=1S/C17H26FNO4Si/c1-11-7-16(19-9-12(18)13(20)8-15(19)21)23-14(11)10-22-24(5,6)17(2,3)4/h9,14,16H,1,7-8,10H2,2-6H3/t14-,16-/m0/s1. The van der Waals surface area contributed by atoms with Crippen LogP contribution in [0.25, 0.3) is 0 Å². The van der Waals surface area contributed by atoms with Crippen molar-refractivity contribution in [3.05, 3.63) is 24.2 Å². The van der Waals surface area contributed by atoms with Gasteiger partial charge >= 0.3 is 0 Å². The highest BCUT2D eigenvalue weighted by molar-refractivity contribution is 6.74. The van der Waals surface area contributed by atoms with E-state index in [1.165, 1.54) is 0 Å². The van der Waals surface area contributed by atoms with E-state index in [1.807, 2.05) is 0 Å². The SMILES string of the molecule is C=C1C[C@@H](N2C=C(F)C(=O)CC2=O)O[C@H]1CO[Si](C)(C)C(C)(C)C. The van der Waals surface area contributed by atoms with Gasteiger partial charge in [0.25, 0.3) is 0 Å². The van der Waals surface area contributed by atoms with Crippen LogP contribution in [0.5, 0.6) is 0 Å². The van der Waals surface area contributed by atoms with Crippen molar-refractivity contribution in [2.75, 3.05) is 6.61 Å². The average molecular weight is 355 g/mol. The molecule has 2 aliphatic rings. The Balaban J connectivity index is 2.01. The lowest BCUT2D eigenvalue weighted by molar-refractivity contribution is -0.144. The summed E-state index contributed by atoms with van der Waals surface area (Å²) in [6.07, 6.45) is -0.0685. The van der Waals surface area contributed by atoms with E-state index in [-0.39, 0.29) is 11.1 Å². The van der Waals surface area contributed by atoms with E-state index < -0.39 is 38.5 Å². The number of hydrogen-bond donors (Lipinski definition) is 0. The molecule has 0 aromatic carbocycles. The van der Waals surface area contributed by atoms with Crippen LogP contribution in [0.1, 0.15) is 33.6 Å². The van der Waals surface area contributed by atoms with Crippen molar-refractivity contribution in [1.82, 2.24) is 4.90 Å². The van der Waals surface area contributed by atoms with Crippen LogP contribution in [0.2, 0.25) is 18.1 Å². The molecule has 2 rings (SSSR count). The highest BCUT2D eigenvalue weighted by atomic mass is 28.4. The number of halogens is 1. The van der Waals surface area contributed by atoms with E-state index in [4.69, 9.17) is 9.16 Å². The maximum absolute atomic E-state index is 13.5. The molecule has 134 valence electrons. The van der Waals surface area contributed by atoms with Gasteiger partial charge in [-0.15, -0.1) is 0 Å². The minimum atomic E-state index is -1.92. The van der Waals surface area contributed by atoms with Crippen LogP contribution in [-0.2, 0) is 18.8 Å². The topological polar surface area (TPSA) is 55.8 Å². The van der Waals surface area contributed by atoms with Crippen LogP contribution in [0.4, 0.5) is 4.39 Å². The summed E-state index contributed by atoms with van der Waals surface area (Å²) < 4.78 is 25.5. The van der Waals surface area contributed by atoms with Crippen molar-refractivity contribution in [3.63, 3.8) is 0 Å². The van der Waals surface area contributed by atoms with E-state index in [1.54, 1.807) is 0 Å². The number of rotatable bonds is 4. The van der Waals surface area contributed by atoms with Gasteiger partial charge in [-0.25, -0.2) is 4.39 Å². The Kier molecular flexibility index (Phi) is 5.18. The normalized spacial score (nSPS) is 26.2. The fraction of sp³-hybridized carbons (Fsp3) is 0.647. The number of ketones is 1. The summed E-state index contributed by atoms with van der Waals surface area (Å²) in [6.45, 7) is 15.1. The van der Waals surface area contributed by atoms with Crippen molar-refractivity contribution in [3.8, 4) is 0 Å². The first-order chi connectivity index (χ1) is 10.9. The second-order valence-corrected chi connectivity index (χ2v) is 12.7. The molecular formula is C17H26FNO4Si. The lowest BCUT2D eigenvalue weighted by atomic mass is 10.1. The number of Topliss-reactive ketones (excluding diaryl/α,β-unsaturated/α-hetero) is 1. The van der Waals surface area contributed by atoms with Crippen molar-refractivity contribution in [2.45, 2.75) is 64.1 Å². The van der Waals surface area contributed by atoms with Crippen LogP contribution < -0.4 is 0 Å². The minimum absolute atomic E-state index is 0.0847. The molecule has 0 N–H and O–H groups in total. The molecule has 0 aromatic heterocycles. The van der Waals surface area contributed by atoms with Gasteiger partial charge in [-0.1, -0.05) is 27.4 Å². The first kappa shape index (κ1) is 19.0. The summed E-state index contributed by atoms with van der Waals surface area (Å²) in [7, 11) is -1.92. The van der Waals surface area contributed by atoms with Crippen LogP contribution in [0.15, 0.2) is 24.2 Å². The molecule has 1 amide bonds. The third-order valence-electron chi connectivity index (χ3n) is 5.04. The first-order valence-corrected chi connectivity index (χ1v) is 11.0. The Morgan fingerprint density at radius 2 is 2.04 bits per heavy atom. The van der Waals surface area contributed by atoms with Gasteiger partial charge in [0.15, 0.2) is 14.1 Å². The summed E-state index contributed by atoms with van der Waals surface area (Å²) in [4.78, 5) is 24.4. The minimum Gasteiger partial charge on any atom is -0.414 e. The average Bonchev–Trinajstić information content (AvgIpc) is 2.80. The first-order valence-electron chi connectivity index (χ1n) is 8.11. The number of nitrogens with zero attached hydrogens (tertiary/aromatic N) is 1. The van der Waals surface area contributed by atoms with E-state index in [0.717, 1.165) is 16.7 Å². The smallest absolute Gasteiger partial charge is 0.236 e. The second-order valence-electron chi connectivity index (χ2n) is 7.89. The zero-order valence-electron chi connectivity index (χ0n) is 15.0. The Labute approximate surface area is 143 Å². The molecule has 0 aliphatic carbocycles. The van der Waals surface area contributed by atoms with Gasteiger partial charge < -0.3 is 9.16 Å². The van der Waals surface area contributed by atoms with Crippen molar-refractivity contribution in [1.29, 1.82) is 0 Å². The predicted octanol–water partition coefficient (Wildman–Crippen LogP) is 3.29. The van der Waals surface area contributed by atoms with Gasteiger partial charge in [-0.05, 0) is 23.7 Å². The molecule has 2 heterocycles. The molecule has 0 aromatic rings. The lowest BCUT2D eigenvalue weighted by Gasteiger charge is -2.37. The van der Waals surface area contributed by atoms with Crippen LogP contribution in [0, 0.1) is 0 Å². The Morgan fingerprint density at radius 1 is 1.42 bits per heavy atom. The van der Waals surface area contributed by atoms with E-state index in [9.17, 15) is 14.0 Å². The number of carbonyl (C=O) groups excluding carboxylic acids is 2. The van der Waals surface area contributed by atoms with E-state index >= 15 is 0 Å². The Hall–Kier alpha value is -1.31. The van der Waals surface area contributed by atoms with E-state index in [0.29, 0.717) is 13.0 Å². The van der Waals surface area contributed by atoms with Gasteiger partial charge in [-0.2, -0.15) is 0 Å². The third-order valence-corrected chi connectivity index (χ3v) is 9.54.